The molecule has 0 spiro atoms. The van der Waals surface area contributed by atoms with E-state index in [0.717, 1.165) is 0 Å². The fourth-order valence-corrected chi connectivity index (χ4v) is 5.06. The number of nitro benzene ring substituents is 3. The standard InChI is InChI=1S/C27H30N6O9/c34-25-4-1-22(31(37)38)7-16(25)13-28-19-10-20(29-14-17-8-23(32(39)40)2-5-26(17)35)12-21(11-19)30-15-18-9-24(33(41)42)3-6-27(18)36/h1-9,19-21,28-30,34-36H,10-15H2. The lowest BCUT2D eigenvalue weighted by Crippen LogP contribution is -2.50. The fraction of sp³-hybridized carbons (Fsp3) is 0.333. The molecule has 3 aromatic rings. The zero-order chi connectivity index (χ0) is 30.4. The third-order valence-electron chi connectivity index (χ3n) is 7.27. The second-order valence-electron chi connectivity index (χ2n) is 10.2. The maximum atomic E-state index is 11.2. The first kappa shape index (κ1) is 30.1. The largest absolute Gasteiger partial charge is 0.508 e. The Morgan fingerprint density at radius 2 is 0.810 bits per heavy atom. The van der Waals surface area contributed by atoms with E-state index < -0.39 is 14.8 Å². The summed E-state index contributed by atoms with van der Waals surface area (Å²) in [4.78, 5) is 31.9. The van der Waals surface area contributed by atoms with Crippen molar-refractivity contribution in [2.24, 2.45) is 0 Å². The summed E-state index contributed by atoms with van der Waals surface area (Å²) in [6.45, 7) is 0.443. The number of rotatable bonds is 12. The van der Waals surface area contributed by atoms with Gasteiger partial charge in [-0.2, -0.15) is 0 Å². The van der Waals surface area contributed by atoms with E-state index in [0.29, 0.717) is 36.0 Å². The van der Waals surface area contributed by atoms with Gasteiger partial charge in [-0.15, -0.1) is 0 Å². The first-order chi connectivity index (χ1) is 20.0. The summed E-state index contributed by atoms with van der Waals surface area (Å²) in [5.74, 6) is -0.262. The lowest BCUT2D eigenvalue weighted by atomic mass is 9.86. The van der Waals surface area contributed by atoms with E-state index in [1.165, 1.54) is 54.6 Å². The van der Waals surface area contributed by atoms with Gasteiger partial charge in [-0.05, 0) is 37.5 Å². The number of nitrogens with zero attached hydrogens (tertiary/aromatic N) is 3. The van der Waals surface area contributed by atoms with Crippen LogP contribution in [0.15, 0.2) is 54.6 Å². The average molecular weight is 583 g/mol. The number of nitrogens with one attached hydrogen (secondary N) is 3. The zero-order valence-corrected chi connectivity index (χ0v) is 22.3. The molecule has 1 aliphatic carbocycles. The van der Waals surface area contributed by atoms with Gasteiger partial charge in [-0.25, -0.2) is 0 Å². The zero-order valence-electron chi connectivity index (χ0n) is 22.3. The van der Waals surface area contributed by atoms with Crippen molar-refractivity contribution in [3.05, 3.63) is 102 Å². The molecule has 1 aliphatic rings. The van der Waals surface area contributed by atoms with Crippen LogP contribution in [0.2, 0.25) is 0 Å². The highest BCUT2D eigenvalue weighted by molar-refractivity contribution is 5.44. The molecule has 0 aliphatic heterocycles. The molecule has 0 bridgehead atoms. The molecule has 222 valence electrons. The SMILES string of the molecule is O=[N+]([O-])c1ccc(O)c(CNC2CC(NCc3cc([N+](=O)[O-])ccc3O)CC(NCc3cc([N+](=O)[O-])ccc3O)C2)c1. The van der Waals surface area contributed by atoms with Gasteiger partial charge in [0.2, 0.25) is 0 Å². The Bertz CT molecular complexity index is 1300. The Morgan fingerprint density at radius 3 is 1.05 bits per heavy atom. The molecule has 0 unspecified atom stereocenters. The Kier molecular flexibility index (Phi) is 9.46. The molecule has 0 radical (unpaired) electrons. The van der Waals surface area contributed by atoms with Crippen LogP contribution in [-0.2, 0) is 19.6 Å². The van der Waals surface area contributed by atoms with Gasteiger partial charge in [0.05, 0.1) is 14.8 Å². The predicted molar refractivity (Wildman–Crippen MR) is 150 cm³/mol. The predicted octanol–water partition coefficient (Wildman–Crippen LogP) is 3.49. The second-order valence-corrected chi connectivity index (χ2v) is 10.2. The highest BCUT2D eigenvalue weighted by Crippen LogP contribution is 2.28. The maximum Gasteiger partial charge on any atom is 0.270 e. The quantitative estimate of drug-likeness (QED) is 0.133. The third kappa shape index (κ3) is 7.66. The number of hydrogen-bond donors (Lipinski definition) is 6. The van der Waals surface area contributed by atoms with Crippen LogP contribution in [-0.4, -0.2) is 48.2 Å². The smallest absolute Gasteiger partial charge is 0.270 e. The van der Waals surface area contributed by atoms with Crippen molar-refractivity contribution in [1.82, 2.24) is 16.0 Å². The summed E-state index contributed by atoms with van der Waals surface area (Å²) >= 11 is 0. The minimum atomic E-state index is -0.546. The third-order valence-corrected chi connectivity index (χ3v) is 7.27. The highest BCUT2D eigenvalue weighted by Gasteiger charge is 2.29. The molecule has 0 aromatic heterocycles. The Hall–Kier alpha value is -4.86. The summed E-state index contributed by atoms with van der Waals surface area (Å²) < 4.78 is 0. The van der Waals surface area contributed by atoms with Crippen LogP contribution >= 0.6 is 0 Å². The summed E-state index contributed by atoms with van der Waals surface area (Å²) in [6.07, 6.45) is 1.77. The highest BCUT2D eigenvalue weighted by atomic mass is 16.6. The van der Waals surface area contributed by atoms with Crippen LogP contribution < -0.4 is 16.0 Å². The Labute approximate surface area is 239 Å². The van der Waals surface area contributed by atoms with Gasteiger partial charge >= 0.3 is 0 Å². The van der Waals surface area contributed by atoms with Crippen LogP contribution in [0.5, 0.6) is 17.2 Å². The van der Waals surface area contributed by atoms with E-state index in [1.54, 1.807) is 0 Å². The molecule has 0 heterocycles. The lowest BCUT2D eigenvalue weighted by Gasteiger charge is -2.36. The number of aromatic hydroxyl groups is 3. The van der Waals surface area contributed by atoms with Crippen molar-refractivity contribution in [2.45, 2.75) is 57.0 Å². The summed E-state index contributed by atoms with van der Waals surface area (Å²) in [6, 6.07) is 10.9. The van der Waals surface area contributed by atoms with Crippen molar-refractivity contribution >= 4 is 17.1 Å². The number of non-ortho nitro benzene ring substituents is 3. The van der Waals surface area contributed by atoms with Gasteiger partial charge in [0.25, 0.3) is 17.1 Å². The molecule has 1 saturated carbocycles. The van der Waals surface area contributed by atoms with Gasteiger partial charge in [0, 0.05) is 90.8 Å². The lowest BCUT2D eigenvalue weighted by molar-refractivity contribution is -0.385. The second kappa shape index (κ2) is 13.2. The summed E-state index contributed by atoms with van der Waals surface area (Å²) in [7, 11) is 0. The van der Waals surface area contributed by atoms with E-state index in [9.17, 15) is 45.7 Å². The van der Waals surface area contributed by atoms with Crippen molar-refractivity contribution in [1.29, 1.82) is 0 Å². The van der Waals surface area contributed by atoms with Crippen LogP contribution in [0.4, 0.5) is 17.1 Å². The number of phenolic OH excluding ortho intramolecular Hbond substituents is 3. The minimum Gasteiger partial charge on any atom is -0.508 e. The van der Waals surface area contributed by atoms with Crippen molar-refractivity contribution in [2.75, 3.05) is 0 Å². The van der Waals surface area contributed by atoms with E-state index in [4.69, 9.17) is 0 Å². The van der Waals surface area contributed by atoms with Crippen LogP contribution in [0.1, 0.15) is 36.0 Å². The van der Waals surface area contributed by atoms with Crippen LogP contribution in [0.3, 0.4) is 0 Å². The topological polar surface area (TPSA) is 226 Å². The van der Waals surface area contributed by atoms with Gasteiger partial charge in [0.1, 0.15) is 17.2 Å². The van der Waals surface area contributed by atoms with E-state index in [2.05, 4.69) is 16.0 Å². The van der Waals surface area contributed by atoms with E-state index in [-0.39, 0.29) is 72.1 Å². The van der Waals surface area contributed by atoms with Gasteiger partial charge in [0.15, 0.2) is 0 Å². The van der Waals surface area contributed by atoms with Gasteiger partial charge in [-0.1, -0.05) is 0 Å². The van der Waals surface area contributed by atoms with Gasteiger partial charge < -0.3 is 31.3 Å². The Morgan fingerprint density at radius 1 is 0.548 bits per heavy atom. The normalized spacial score (nSPS) is 18.4. The Balaban J connectivity index is 1.48. The maximum absolute atomic E-state index is 11.2. The molecule has 42 heavy (non-hydrogen) atoms. The van der Waals surface area contributed by atoms with E-state index >= 15 is 0 Å². The molecule has 15 heteroatoms. The molecule has 0 atom stereocenters. The molecular weight excluding hydrogens is 552 g/mol. The molecular formula is C27H30N6O9. The van der Waals surface area contributed by atoms with Gasteiger partial charge in [-0.3, -0.25) is 30.3 Å². The van der Waals surface area contributed by atoms with Crippen LogP contribution in [0.25, 0.3) is 0 Å². The minimum absolute atomic E-state index is 0.0875. The average Bonchev–Trinajstić information content (AvgIpc) is 2.95. The van der Waals surface area contributed by atoms with Crippen molar-refractivity contribution in [3.8, 4) is 17.2 Å². The molecule has 1 fully saturated rings. The monoisotopic (exact) mass is 582 g/mol. The fourth-order valence-electron chi connectivity index (χ4n) is 5.06. The molecule has 0 amide bonds. The van der Waals surface area contributed by atoms with E-state index in [1.807, 2.05) is 0 Å². The number of benzene rings is 3. The molecule has 6 N–H and O–H groups in total. The van der Waals surface area contributed by atoms with Crippen molar-refractivity contribution < 1.29 is 30.1 Å². The van der Waals surface area contributed by atoms with Crippen molar-refractivity contribution in [3.63, 3.8) is 0 Å². The number of phenols is 3. The number of hydrogen-bond acceptors (Lipinski definition) is 12. The summed E-state index contributed by atoms with van der Waals surface area (Å²) in [5, 5.41) is 74.2. The molecule has 4 rings (SSSR count). The van der Waals surface area contributed by atoms with Crippen LogP contribution in [0, 0.1) is 30.3 Å². The molecule has 15 nitrogen and oxygen atoms in total. The summed E-state index contributed by atoms with van der Waals surface area (Å²) in [5.41, 5.74) is 0.605. The first-order valence-electron chi connectivity index (χ1n) is 13.1. The molecule has 3 aromatic carbocycles. The first-order valence-corrected chi connectivity index (χ1v) is 13.1. The molecule has 0 saturated heterocycles. The number of nitro groups is 3.